The summed E-state index contributed by atoms with van der Waals surface area (Å²) in [6.45, 7) is 0.742. The second-order valence-corrected chi connectivity index (χ2v) is 6.44. The third kappa shape index (κ3) is 2.31. The number of nitrogens with zero attached hydrogens (tertiary/aromatic N) is 1. The molecule has 3 rings (SSSR count). The first kappa shape index (κ1) is 12.2. The first-order valence-corrected chi connectivity index (χ1v) is 7.74. The van der Waals surface area contributed by atoms with Gasteiger partial charge in [-0.1, -0.05) is 12.8 Å². The number of carbonyl (C=O) groups excluding carboxylic acids is 1. The van der Waals surface area contributed by atoms with Crippen molar-refractivity contribution in [2.24, 2.45) is 5.73 Å². The molecule has 3 nitrogen and oxygen atoms in total. The number of rotatable bonds is 4. The van der Waals surface area contributed by atoms with E-state index >= 15 is 0 Å². The molecule has 18 heavy (non-hydrogen) atoms. The maximum absolute atomic E-state index is 12.7. The molecule has 1 aromatic heterocycles. The summed E-state index contributed by atoms with van der Waals surface area (Å²) >= 11 is 1.69. The monoisotopic (exact) mass is 264 g/mol. The number of hydrogen-bond donors (Lipinski definition) is 1. The number of carbonyl (C=O) groups is 1. The molecule has 4 heteroatoms. The van der Waals surface area contributed by atoms with E-state index in [2.05, 4.69) is 16.8 Å². The molecule has 0 aliphatic heterocycles. The molecule has 2 N–H and O–H groups in total. The van der Waals surface area contributed by atoms with Crippen LogP contribution in [-0.4, -0.2) is 22.4 Å². The normalized spacial score (nSPS) is 22.1. The predicted octanol–water partition coefficient (Wildman–Crippen LogP) is 2.51. The number of amides is 1. The van der Waals surface area contributed by atoms with Crippen molar-refractivity contribution in [2.45, 2.75) is 56.7 Å². The van der Waals surface area contributed by atoms with Crippen molar-refractivity contribution in [3.8, 4) is 0 Å². The molecule has 2 fully saturated rings. The summed E-state index contributed by atoms with van der Waals surface area (Å²) in [5, 5.41) is 4.19. The van der Waals surface area contributed by atoms with Gasteiger partial charge < -0.3 is 10.6 Å². The fourth-order valence-corrected chi connectivity index (χ4v) is 3.50. The SMILES string of the molecule is NC1(C(=O)N(Cc2ccsc2)C2CC2)CCCC1. The van der Waals surface area contributed by atoms with Crippen LogP contribution in [0.15, 0.2) is 16.8 Å². The van der Waals surface area contributed by atoms with Crippen molar-refractivity contribution in [1.82, 2.24) is 4.90 Å². The summed E-state index contributed by atoms with van der Waals surface area (Å²) in [5.41, 5.74) is 6.98. The van der Waals surface area contributed by atoms with Gasteiger partial charge in [-0.25, -0.2) is 0 Å². The van der Waals surface area contributed by atoms with E-state index in [0.717, 1.165) is 45.1 Å². The first-order chi connectivity index (χ1) is 8.69. The van der Waals surface area contributed by atoms with E-state index in [9.17, 15) is 4.79 Å². The van der Waals surface area contributed by atoms with Crippen molar-refractivity contribution in [1.29, 1.82) is 0 Å². The van der Waals surface area contributed by atoms with Gasteiger partial charge in [0.1, 0.15) is 0 Å². The summed E-state index contributed by atoms with van der Waals surface area (Å²) < 4.78 is 0. The van der Waals surface area contributed by atoms with Gasteiger partial charge >= 0.3 is 0 Å². The van der Waals surface area contributed by atoms with Crippen LogP contribution in [0.4, 0.5) is 0 Å². The van der Waals surface area contributed by atoms with Crippen molar-refractivity contribution < 1.29 is 4.79 Å². The van der Waals surface area contributed by atoms with Crippen LogP contribution in [0.3, 0.4) is 0 Å². The van der Waals surface area contributed by atoms with Crippen molar-refractivity contribution in [3.05, 3.63) is 22.4 Å². The lowest BCUT2D eigenvalue weighted by atomic mass is 9.97. The van der Waals surface area contributed by atoms with Gasteiger partial charge in [0, 0.05) is 12.6 Å². The van der Waals surface area contributed by atoms with Crippen molar-refractivity contribution >= 4 is 17.2 Å². The molecule has 1 heterocycles. The maximum Gasteiger partial charge on any atom is 0.243 e. The molecule has 0 radical (unpaired) electrons. The predicted molar refractivity (Wildman–Crippen MR) is 73.3 cm³/mol. The molecule has 0 aromatic carbocycles. The Morgan fingerprint density at radius 3 is 2.72 bits per heavy atom. The van der Waals surface area contributed by atoms with Crippen LogP contribution in [0.5, 0.6) is 0 Å². The molecule has 2 aliphatic carbocycles. The molecule has 0 spiro atoms. The molecule has 1 amide bonds. The third-order valence-corrected chi connectivity index (χ3v) is 4.84. The molecule has 98 valence electrons. The fraction of sp³-hybridized carbons (Fsp3) is 0.643. The molecular formula is C14H20N2OS. The van der Waals surface area contributed by atoms with Crippen molar-refractivity contribution in [3.63, 3.8) is 0 Å². The van der Waals surface area contributed by atoms with Gasteiger partial charge in [0.15, 0.2) is 0 Å². The molecule has 0 saturated heterocycles. The Balaban J connectivity index is 1.75. The van der Waals surface area contributed by atoms with Gasteiger partial charge in [0.2, 0.25) is 5.91 Å². The highest BCUT2D eigenvalue weighted by atomic mass is 32.1. The van der Waals surface area contributed by atoms with E-state index in [1.807, 2.05) is 4.90 Å². The lowest BCUT2D eigenvalue weighted by Gasteiger charge is -2.31. The van der Waals surface area contributed by atoms with Crippen LogP contribution >= 0.6 is 11.3 Å². The Morgan fingerprint density at radius 2 is 2.17 bits per heavy atom. The average Bonchev–Trinajstić information content (AvgIpc) is 2.89. The third-order valence-electron chi connectivity index (χ3n) is 4.10. The Kier molecular flexibility index (Phi) is 3.16. The van der Waals surface area contributed by atoms with Crippen LogP contribution in [0, 0.1) is 0 Å². The van der Waals surface area contributed by atoms with Crippen LogP contribution in [0.2, 0.25) is 0 Å². The summed E-state index contributed by atoms with van der Waals surface area (Å²) in [6, 6.07) is 2.55. The topological polar surface area (TPSA) is 46.3 Å². The summed E-state index contributed by atoms with van der Waals surface area (Å²) in [7, 11) is 0. The van der Waals surface area contributed by atoms with Gasteiger partial charge in [0.05, 0.1) is 5.54 Å². The fourth-order valence-electron chi connectivity index (χ4n) is 2.84. The highest BCUT2D eigenvalue weighted by molar-refractivity contribution is 7.07. The minimum Gasteiger partial charge on any atom is -0.334 e. The van der Waals surface area contributed by atoms with Gasteiger partial charge in [-0.15, -0.1) is 0 Å². The Labute approximate surface area is 112 Å². The average molecular weight is 264 g/mol. The maximum atomic E-state index is 12.7. The first-order valence-electron chi connectivity index (χ1n) is 6.80. The van der Waals surface area contributed by atoms with Crippen LogP contribution in [0.25, 0.3) is 0 Å². The lowest BCUT2D eigenvalue weighted by Crippen LogP contribution is -2.53. The van der Waals surface area contributed by atoms with E-state index in [1.54, 1.807) is 11.3 Å². The van der Waals surface area contributed by atoms with Gasteiger partial charge in [-0.2, -0.15) is 11.3 Å². The van der Waals surface area contributed by atoms with E-state index in [4.69, 9.17) is 5.73 Å². The second kappa shape index (κ2) is 4.67. The quantitative estimate of drug-likeness (QED) is 0.908. The van der Waals surface area contributed by atoms with Crippen LogP contribution in [-0.2, 0) is 11.3 Å². The highest BCUT2D eigenvalue weighted by Gasteiger charge is 2.44. The van der Waals surface area contributed by atoms with E-state index in [0.29, 0.717) is 6.04 Å². The van der Waals surface area contributed by atoms with Gasteiger partial charge in [-0.3, -0.25) is 4.79 Å². The van der Waals surface area contributed by atoms with Crippen LogP contribution < -0.4 is 5.73 Å². The minimum atomic E-state index is -0.571. The molecule has 0 bridgehead atoms. The highest BCUT2D eigenvalue weighted by Crippen LogP contribution is 2.35. The number of thiophene rings is 1. The minimum absolute atomic E-state index is 0.189. The van der Waals surface area contributed by atoms with Crippen LogP contribution in [0.1, 0.15) is 44.1 Å². The Bertz CT molecular complexity index is 419. The lowest BCUT2D eigenvalue weighted by molar-refractivity contribution is -0.138. The molecule has 0 atom stereocenters. The largest absolute Gasteiger partial charge is 0.334 e. The molecule has 2 saturated carbocycles. The van der Waals surface area contributed by atoms with E-state index < -0.39 is 5.54 Å². The summed E-state index contributed by atoms with van der Waals surface area (Å²) in [6.07, 6.45) is 6.20. The molecule has 1 aromatic rings. The van der Waals surface area contributed by atoms with Crippen molar-refractivity contribution in [2.75, 3.05) is 0 Å². The molecular weight excluding hydrogens is 244 g/mol. The van der Waals surface area contributed by atoms with Gasteiger partial charge in [-0.05, 0) is 48.1 Å². The van der Waals surface area contributed by atoms with E-state index in [1.165, 1.54) is 5.56 Å². The zero-order valence-corrected chi connectivity index (χ0v) is 11.4. The smallest absolute Gasteiger partial charge is 0.243 e. The number of hydrogen-bond acceptors (Lipinski definition) is 3. The summed E-state index contributed by atoms with van der Waals surface area (Å²) in [5.74, 6) is 0.189. The Morgan fingerprint density at radius 1 is 1.44 bits per heavy atom. The summed E-state index contributed by atoms with van der Waals surface area (Å²) in [4.78, 5) is 14.7. The van der Waals surface area contributed by atoms with Gasteiger partial charge in [0.25, 0.3) is 0 Å². The zero-order chi connectivity index (χ0) is 12.6. The zero-order valence-electron chi connectivity index (χ0n) is 10.6. The Hall–Kier alpha value is -0.870. The molecule has 0 unspecified atom stereocenters. The second-order valence-electron chi connectivity index (χ2n) is 5.66. The molecule has 2 aliphatic rings. The number of nitrogens with two attached hydrogens (primary N) is 1. The van der Waals surface area contributed by atoms with E-state index in [-0.39, 0.29) is 5.91 Å². The standard InChI is InChI=1S/C14H20N2OS/c15-14(6-1-2-7-14)13(17)16(12-3-4-12)9-11-5-8-18-10-11/h5,8,10,12H,1-4,6-7,9,15H2.